The molecule has 24 heavy (non-hydrogen) atoms. The number of hydrogen-bond donors (Lipinski definition) is 1. The van der Waals surface area contributed by atoms with Gasteiger partial charge < -0.3 is 14.8 Å². The molecular weight excluding hydrogens is 312 g/mol. The molecule has 0 bridgehead atoms. The zero-order chi connectivity index (χ0) is 17.5. The van der Waals surface area contributed by atoms with Crippen LogP contribution in [0.3, 0.4) is 0 Å². The molecule has 0 saturated heterocycles. The normalized spacial score (nSPS) is 9.92. The Kier molecular flexibility index (Phi) is 5.62. The molecule has 0 spiro atoms. The average Bonchev–Trinajstić information content (AvgIpc) is 2.61. The Hall–Kier alpha value is -3.22. The van der Waals surface area contributed by atoms with Gasteiger partial charge in [0.2, 0.25) is 0 Å². The van der Waals surface area contributed by atoms with Gasteiger partial charge >= 0.3 is 11.9 Å². The van der Waals surface area contributed by atoms with E-state index in [-0.39, 0.29) is 29.1 Å². The first-order chi connectivity index (χ1) is 11.6. The van der Waals surface area contributed by atoms with Gasteiger partial charge in [-0.25, -0.2) is 14.6 Å². The number of rotatable bonds is 5. The fourth-order valence-corrected chi connectivity index (χ4v) is 1.99. The maximum atomic E-state index is 12.4. The van der Waals surface area contributed by atoms with E-state index in [2.05, 4.69) is 15.0 Å². The van der Waals surface area contributed by atoms with Gasteiger partial charge in [-0.1, -0.05) is 12.1 Å². The van der Waals surface area contributed by atoms with E-state index < -0.39 is 17.8 Å². The van der Waals surface area contributed by atoms with Crippen LogP contribution in [0.2, 0.25) is 0 Å². The van der Waals surface area contributed by atoms with Crippen LogP contribution in [0.5, 0.6) is 0 Å². The zero-order valence-corrected chi connectivity index (χ0v) is 13.2. The van der Waals surface area contributed by atoms with E-state index in [1.165, 1.54) is 37.6 Å². The highest BCUT2D eigenvalue weighted by atomic mass is 16.5. The van der Waals surface area contributed by atoms with Gasteiger partial charge in [-0.2, -0.15) is 0 Å². The third kappa shape index (κ3) is 3.95. The summed E-state index contributed by atoms with van der Waals surface area (Å²) in [7, 11) is 1.24. The summed E-state index contributed by atoms with van der Waals surface area (Å²) in [6.45, 7) is 1.95. The van der Waals surface area contributed by atoms with Crippen LogP contribution in [0.25, 0.3) is 0 Å². The number of esters is 2. The molecule has 1 aromatic carbocycles. The SMILES string of the molecule is CCOC(=O)c1ccnc(NC(=O)c2ccccc2C(=O)OC)c1. The number of carbonyl (C=O) groups excluding carboxylic acids is 3. The topological polar surface area (TPSA) is 94.6 Å². The van der Waals surface area contributed by atoms with Crippen molar-refractivity contribution in [2.45, 2.75) is 6.92 Å². The molecule has 0 atom stereocenters. The molecule has 0 aliphatic heterocycles. The van der Waals surface area contributed by atoms with Crippen molar-refractivity contribution in [1.82, 2.24) is 4.98 Å². The lowest BCUT2D eigenvalue weighted by molar-refractivity contribution is 0.0525. The predicted octanol–water partition coefficient (Wildman–Crippen LogP) is 2.30. The van der Waals surface area contributed by atoms with Crippen LogP contribution in [0.1, 0.15) is 38.0 Å². The first kappa shape index (κ1) is 17.1. The highest BCUT2D eigenvalue weighted by molar-refractivity contribution is 6.10. The largest absolute Gasteiger partial charge is 0.465 e. The fourth-order valence-electron chi connectivity index (χ4n) is 1.99. The van der Waals surface area contributed by atoms with E-state index in [4.69, 9.17) is 4.74 Å². The lowest BCUT2D eigenvalue weighted by atomic mass is 10.1. The van der Waals surface area contributed by atoms with Crippen LogP contribution in [-0.4, -0.2) is 36.5 Å². The number of benzene rings is 1. The molecule has 1 heterocycles. The molecule has 0 saturated carbocycles. The molecule has 0 aliphatic rings. The van der Waals surface area contributed by atoms with E-state index in [9.17, 15) is 14.4 Å². The molecule has 1 aromatic heterocycles. The number of anilines is 1. The molecule has 2 aromatic rings. The van der Waals surface area contributed by atoms with Crippen molar-refractivity contribution in [1.29, 1.82) is 0 Å². The molecule has 1 amide bonds. The van der Waals surface area contributed by atoms with Crippen molar-refractivity contribution in [2.24, 2.45) is 0 Å². The number of methoxy groups -OCH3 is 1. The number of pyridine rings is 1. The maximum absolute atomic E-state index is 12.4. The van der Waals surface area contributed by atoms with E-state index in [0.717, 1.165) is 0 Å². The Balaban J connectivity index is 2.23. The molecule has 7 heteroatoms. The summed E-state index contributed by atoms with van der Waals surface area (Å²) in [5.41, 5.74) is 0.551. The molecule has 0 unspecified atom stereocenters. The maximum Gasteiger partial charge on any atom is 0.338 e. The summed E-state index contributed by atoms with van der Waals surface area (Å²) in [5.74, 6) is -1.49. The minimum Gasteiger partial charge on any atom is -0.465 e. The summed E-state index contributed by atoms with van der Waals surface area (Å²) in [6, 6.07) is 9.12. The number of nitrogens with one attached hydrogen (secondary N) is 1. The number of carbonyl (C=O) groups is 3. The second kappa shape index (κ2) is 7.87. The lowest BCUT2D eigenvalue weighted by Gasteiger charge is -2.09. The van der Waals surface area contributed by atoms with Crippen molar-refractivity contribution in [3.8, 4) is 0 Å². The van der Waals surface area contributed by atoms with Gasteiger partial charge in [0.1, 0.15) is 5.82 Å². The molecule has 0 aliphatic carbocycles. The van der Waals surface area contributed by atoms with Crippen molar-refractivity contribution >= 4 is 23.7 Å². The van der Waals surface area contributed by atoms with Crippen LogP contribution in [0.15, 0.2) is 42.6 Å². The van der Waals surface area contributed by atoms with Crippen LogP contribution in [-0.2, 0) is 9.47 Å². The Morgan fingerprint density at radius 3 is 2.46 bits per heavy atom. The standard InChI is InChI=1S/C17H16N2O5/c1-3-24-16(21)11-8-9-18-14(10-11)19-15(20)12-6-4-5-7-13(12)17(22)23-2/h4-10H,3H2,1-2H3,(H,18,19,20). The number of ether oxygens (including phenoxy) is 2. The van der Waals surface area contributed by atoms with Crippen LogP contribution >= 0.6 is 0 Å². The number of nitrogens with zero attached hydrogens (tertiary/aromatic N) is 1. The minimum absolute atomic E-state index is 0.138. The molecular formula is C17H16N2O5. The van der Waals surface area contributed by atoms with E-state index >= 15 is 0 Å². The number of aromatic nitrogens is 1. The second-order valence-electron chi connectivity index (χ2n) is 4.64. The third-order valence-electron chi connectivity index (χ3n) is 3.09. The van der Waals surface area contributed by atoms with Gasteiger partial charge in [0.25, 0.3) is 5.91 Å². The smallest absolute Gasteiger partial charge is 0.338 e. The van der Waals surface area contributed by atoms with E-state index in [1.54, 1.807) is 19.1 Å². The van der Waals surface area contributed by atoms with Crippen molar-refractivity contribution in [2.75, 3.05) is 19.0 Å². The summed E-state index contributed by atoms with van der Waals surface area (Å²) < 4.78 is 9.56. The van der Waals surface area contributed by atoms with Gasteiger partial charge in [0.05, 0.1) is 30.4 Å². The van der Waals surface area contributed by atoms with E-state index in [0.29, 0.717) is 0 Å². The van der Waals surface area contributed by atoms with Gasteiger partial charge in [-0.3, -0.25) is 4.79 Å². The first-order valence-electron chi connectivity index (χ1n) is 7.18. The van der Waals surface area contributed by atoms with Crippen LogP contribution in [0, 0.1) is 0 Å². The second-order valence-corrected chi connectivity index (χ2v) is 4.64. The molecule has 124 valence electrons. The van der Waals surface area contributed by atoms with Crippen molar-refractivity contribution in [3.05, 3.63) is 59.3 Å². The first-order valence-corrected chi connectivity index (χ1v) is 7.18. The van der Waals surface area contributed by atoms with Crippen LogP contribution < -0.4 is 5.32 Å². The summed E-state index contributed by atoms with van der Waals surface area (Å²) in [6.07, 6.45) is 1.38. The van der Waals surface area contributed by atoms with E-state index in [1.807, 2.05) is 0 Å². The number of hydrogen-bond acceptors (Lipinski definition) is 6. The lowest BCUT2D eigenvalue weighted by Crippen LogP contribution is -2.18. The van der Waals surface area contributed by atoms with Gasteiger partial charge in [0.15, 0.2) is 0 Å². The molecule has 2 rings (SSSR count). The Morgan fingerprint density at radius 1 is 1.08 bits per heavy atom. The average molecular weight is 328 g/mol. The predicted molar refractivity (Wildman–Crippen MR) is 85.9 cm³/mol. The molecule has 0 radical (unpaired) electrons. The third-order valence-corrected chi connectivity index (χ3v) is 3.09. The van der Waals surface area contributed by atoms with Gasteiger partial charge in [0, 0.05) is 6.20 Å². The Labute approximate surface area is 138 Å². The summed E-state index contributed by atoms with van der Waals surface area (Å²) in [4.78, 5) is 39.8. The zero-order valence-electron chi connectivity index (χ0n) is 13.2. The van der Waals surface area contributed by atoms with Crippen molar-refractivity contribution in [3.63, 3.8) is 0 Å². The Morgan fingerprint density at radius 2 is 1.79 bits per heavy atom. The highest BCUT2D eigenvalue weighted by Crippen LogP contribution is 2.14. The number of amides is 1. The molecule has 7 nitrogen and oxygen atoms in total. The fraction of sp³-hybridized carbons (Fsp3) is 0.176. The van der Waals surface area contributed by atoms with Gasteiger partial charge in [-0.15, -0.1) is 0 Å². The quantitative estimate of drug-likeness (QED) is 0.846. The Bertz CT molecular complexity index is 773. The van der Waals surface area contributed by atoms with Crippen LogP contribution in [0.4, 0.5) is 5.82 Å². The van der Waals surface area contributed by atoms with Crippen molar-refractivity contribution < 1.29 is 23.9 Å². The van der Waals surface area contributed by atoms with Gasteiger partial charge in [-0.05, 0) is 31.2 Å². The monoisotopic (exact) mass is 328 g/mol. The minimum atomic E-state index is -0.617. The highest BCUT2D eigenvalue weighted by Gasteiger charge is 2.18. The summed E-state index contributed by atoms with van der Waals surface area (Å²) in [5, 5.41) is 2.55. The molecule has 0 fully saturated rings. The summed E-state index contributed by atoms with van der Waals surface area (Å²) >= 11 is 0. The molecule has 1 N–H and O–H groups in total.